The van der Waals surface area contributed by atoms with Gasteiger partial charge in [0.2, 0.25) is 15.9 Å². The largest absolute Gasteiger partial charge is 0.325 e. The topological polar surface area (TPSA) is 66.5 Å². The molecule has 0 saturated heterocycles. The zero-order valence-corrected chi connectivity index (χ0v) is 17.8. The number of halogens is 2. The van der Waals surface area contributed by atoms with Crippen molar-refractivity contribution in [3.8, 4) is 0 Å². The molecule has 3 aromatic carbocycles. The van der Waals surface area contributed by atoms with E-state index >= 15 is 0 Å². The predicted octanol–water partition coefficient (Wildman–Crippen LogP) is 4.62. The van der Waals surface area contributed by atoms with Gasteiger partial charge in [0.15, 0.2) is 0 Å². The summed E-state index contributed by atoms with van der Waals surface area (Å²) in [5.74, 6) is -0.967. The number of benzene rings is 3. The molecule has 0 heterocycles. The fraction of sp³-hybridized carbons (Fsp3) is 0.136. The number of hydrogen-bond donors (Lipinski definition) is 1. The summed E-state index contributed by atoms with van der Waals surface area (Å²) in [7, 11) is -3.94. The lowest BCUT2D eigenvalue weighted by Gasteiger charge is -2.22. The van der Waals surface area contributed by atoms with E-state index in [0.717, 1.165) is 9.87 Å². The molecule has 30 heavy (non-hydrogen) atoms. The summed E-state index contributed by atoms with van der Waals surface area (Å²) in [5.41, 5.74) is 1.98. The standard InChI is InChI=1S/C22H20ClFN2O3S/c1-16-2-12-21(13-3-16)30(28,29)26(14-17-4-6-18(23)7-5-17)15-22(27)25-20-10-8-19(24)9-11-20/h2-13H,14-15H2,1H3,(H,25,27). The Hall–Kier alpha value is -2.74. The molecule has 0 aliphatic rings. The molecule has 0 atom stereocenters. The molecule has 0 aliphatic heterocycles. The van der Waals surface area contributed by atoms with Crippen molar-refractivity contribution in [3.05, 3.63) is 94.8 Å². The van der Waals surface area contributed by atoms with Gasteiger partial charge in [-0.1, -0.05) is 41.4 Å². The van der Waals surface area contributed by atoms with Crippen LogP contribution >= 0.6 is 11.6 Å². The zero-order valence-electron chi connectivity index (χ0n) is 16.2. The van der Waals surface area contributed by atoms with E-state index in [4.69, 9.17) is 11.6 Å². The zero-order chi connectivity index (χ0) is 21.7. The highest BCUT2D eigenvalue weighted by Gasteiger charge is 2.27. The van der Waals surface area contributed by atoms with Gasteiger partial charge in [0.05, 0.1) is 11.4 Å². The van der Waals surface area contributed by atoms with E-state index in [2.05, 4.69) is 5.32 Å². The third-order valence-corrected chi connectivity index (χ3v) is 6.44. The van der Waals surface area contributed by atoms with Gasteiger partial charge in [-0.25, -0.2) is 12.8 Å². The summed E-state index contributed by atoms with van der Waals surface area (Å²) in [6.07, 6.45) is 0. The van der Waals surface area contributed by atoms with Crippen molar-refractivity contribution in [3.63, 3.8) is 0 Å². The highest BCUT2D eigenvalue weighted by Crippen LogP contribution is 2.20. The smallest absolute Gasteiger partial charge is 0.243 e. The first-order valence-electron chi connectivity index (χ1n) is 9.11. The number of carbonyl (C=O) groups excluding carboxylic acids is 1. The average molecular weight is 447 g/mol. The lowest BCUT2D eigenvalue weighted by molar-refractivity contribution is -0.116. The SMILES string of the molecule is Cc1ccc(S(=O)(=O)N(CC(=O)Nc2ccc(F)cc2)Cc2ccc(Cl)cc2)cc1. The van der Waals surface area contributed by atoms with Crippen LogP contribution in [0.5, 0.6) is 0 Å². The average Bonchev–Trinajstić information content (AvgIpc) is 2.71. The molecule has 0 bridgehead atoms. The van der Waals surface area contributed by atoms with Crippen LogP contribution in [0, 0.1) is 12.7 Å². The number of anilines is 1. The van der Waals surface area contributed by atoms with Gasteiger partial charge in [-0.3, -0.25) is 4.79 Å². The van der Waals surface area contributed by atoms with Crippen molar-refractivity contribution in [2.75, 3.05) is 11.9 Å². The maximum Gasteiger partial charge on any atom is 0.243 e. The summed E-state index contributed by atoms with van der Waals surface area (Å²) in [6, 6.07) is 18.4. The van der Waals surface area contributed by atoms with Crippen LogP contribution in [0.15, 0.2) is 77.7 Å². The van der Waals surface area contributed by atoms with Crippen molar-refractivity contribution < 1.29 is 17.6 Å². The highest BCUT2D eigenvalue weighted by molar-refractivity contribution is 7.89. The van der Waals surface area contributed by atoms with Crippen LogP contribution in [0.3, 0.4) is 0 Å². The molecule has 0 fully saturated rings. The van der Waals surface area contributed by atoms with E-state index < -0.39 is 28.3 Å². The molecule has 0 aromatic heterocycles. The quantitative estimate of drug-likeness (QED) is 0.576. The first kappa shape index (κ1) is 22.0. The van der Waals surface area contributed by atoms with Gasteiger partial charge in [0.25, 0.3) is 0 Å². The summed E-state index contributed by atoms with van der Waals surface area (Å²) < 4.78 is 40.6. The van der Waals surface area contributed by atoms with E-state index in [-0.39, 0.29) is 11.4 Å². The van der Waals surface area contributed by atoms with Crippen LogP contribution < -0.4 is 5.32 Å². The van der Waals surface area contributed by atoms with Crippen molar-refractivity contribution in [1.82, 2.24) is 4.31 Å². The lowest BCUT2D eigenvalue weighted by Crippen LogP contribution is -2.37. The molecule has 0 radical (unpaired) electrons. The fourth-order valence-electron chi connectivity index (χ4n) is 2.77. The molecule has 0 aliphatic carbocycles. The summed E-state index contributed by atoms with van der Waals surface area (Å²) in [4.78, 5) is 12.6. The fourth-order valence-corrected chi connectivity index (χ4v) is 4.28. The minimum absolute atomic E-state index is 0.00971. The molecule has 3 rings (SSSR count). The van der Waals surface area contributed by atoms with Crippen molar-refractivity contribution in [2.45, 2.75) is 18.4 Å². The predicted molar refractivity (Wildman–Crippen MR) is 115 cm³/mol. The normalized spacial score (nSPS) is 11.5. The number of hydrogen-bond acceptors (Lipinski definition) is 3. The van der Waals surface area contributed by atoms with E-state index in [1.165, 1.54) is 36.4 Å². The third kappa shape index (κ3) is 5.66. The summed E-state index contributed by atoms with van der Waals surface area (Å²) in [5, 5.41) is 3.12. The van der Waals surface area contributed by atoms with Gasteiger partial charge in [-0.2, -0.15) is 4.31 Å². The molecule has 3 aromatic rings. The number of nitrogens with one attached hydrogen (secondary N) is 1. The minimum Gasteiger partial charge on any atom is -0.325 e. The minimum atomic E-state index is -3.94. The first-order valence-corrected chi connectivity index (χ1v) is 10.9. The van der Waals surface area contributed by atoms with E-state index in [9.17, 15) is 17.6 Å². The van der Waals surface area contributed by atoms with Crippen molar-refractivity contribution >= 4 is 33.2 Å². The van der Waals surface area contributed by atoms with Crippen molar-refractivity contribution in [2.24, 2.45) is 0 Å². The van der Waals surface area contributed by atoms with Gasteiger partial charge in [-0.05, 0) is 61.0 Å². The first-order chi connectivity index (χ1) is 14.2. The Morgan fingerprint density at radius 1 is 0.967 bits per heavy atom. The van der Waals surface area contributed by atoms with Crippen LogP contribution in [-0.2, 0) is 21.4 Å². The van der Waals surface area contributed by atoms with Gasteiger partial charge in [-0.15, -0.1) is 0 Å². The Kier molecular flexibility index (Phi) is 6.87. The molecule has 5 nitrogen and oxygen atoms in total. The molecule has 0 spiro atoms. The van der Waals surface area contributed by atoms with Gasteiger partial charge in [0.1, 0.15) is 5.82 Å². The van der Waals surface area contributed by atoms with Gasteiger partial charge >= 0.3 is 0 Å². The number of nitrogens with zero attached hydrogens (tertiary/aromatic N) is 1. The van der Waals surface area contributed by atoms with E-state index in [1.807, 2.05) is 6.92 Å². The summed E-state index contributed by atoms with van der Waals surface area (Å²) >= 11 is 5.91. The van der Waals surface area contributed by atoms with Gasteiger partial charge in [0, 0.05) is 17.3 Å². The monoisotopic (exact) mass is 446 g/mol. The molecule has 1 N–H and O–H groups in total. The Morgan fingerprint density at radius 3 is 2.17 bits per heavy atom. The Labute approximate surface area is 180 Å². The second-order valence-electron chi connectivity index (χ2n) is 6.77. The molecule has 0 unspecified atom stereocenters. The number of carbonyl (C=O) groups is 1. The van der Waals surface area contributed by atoms with Crippen LogP contribution in [0.2, 0.25) is 5.02 Å². The molecular weight excluding hydrogens is 427 g/mol. The number of aryl methyl sites for hydroxylation is 1. The molecular formula is C22H20ClFN2O3S. The molecule has 156 valence electrons. The number of amides is 1. The van der Waals surface area contributed by atoms with Crippen LogP contribution in [-0.4, -0.2) is 25.2 Å². The van der Waals surface area contributed by atoms with Crippen LogP contribution in [0.1, 0.15) is 11.1 Å². The van der Waals surface area contributed by atoms with E-state index in [0.29, 0.717) is 16.3 Å². The van der Waals surface area contributed by atoms with Gasteiger partial charge < -0.3 is 5.32 Å². The molecule has 1 amide bonds. The molecule has 0 saturated carbocycles. The van der Waals surface area contributed by atoms with Crippen LogP contribution in [0.4, 0.5) is 10.1 Å². The Morgan fingerprint density at radius 2 is 1.57 bits per heavy atom. The number of rotatable bonds is 7. The third-order valence-electron chi connectivity index (χ3n) is 4.38. The maximum absolute atomic E-state index is 13.2. The second-order valence-corrected chi connectivity index (χ2v) is 9.14. The number of sulfonamides is 1. The highest BCUT2D eigenvalue weighted by atomic mass is 35.5. The van der Waals surface area contributed by atoms with Crippen molar-refractivity contribution in [1.29, 1.82) is 0 Å². The second kappa shape index (κ2) is 9.38. The summed E-state index contributed by atoms with van der Waals surface area (Å²) in [6.45, 7) is 1.44. The van der Waals surface area contributed by atoms with E-state index in [1.54, 1.807) is 36.4 Å². The van der Waals surface area contributed by atoms with Crippen LogP contribution in [0.25, 0.3) is 0 Å². The Bertz CT molecular complexity index is 1120. The maximum atomic E-state index is 13.2. The lowest BCUT2D eigenvalue weighted by atomic mass is 10.2. The Balaban J connectivity index is 1.86. The molecule has 8 heteroatoms.